The van der Waals surface area contributed by atoms with E-state index in [0.717, 1.165) is 7.11 Å². The first-order valence-electron chi connectivity index (χ1n) is 6.02. The van der Waals surface area contributed by atoms with Crippen LogP contribution in [0.1, 0.15) is 17.3 Å². The van der Waals surface area contributed by atoms with E-state index < -0.39 is 46.5 Å². The van der Waals surface area contributed by atoms with Gasteiger partial charge in [-0.15, -0.1) is 0 Å². The highest BCUT2D eigenvalue weighted by Gasteiger charge is 2.26. The number of halogens is 2. The van der Waals surface area contributed by atoms with Crippen LogP contribution in [-0.4, -0.2) is 41.7 Å². The van der Waals surface area contributed by atoms with Crippen molar-refractivity contribution in [3.05, 3.63) is 27.8 Å². The SMILES string of the molecule is COC(=O)C(C)Nc1cc(OC(F)F)c(C(=O)O)cc1[N+](=O)[O-]. The molecule has 23 heavy (non-hydrogen) atoms. The summed E-state index contributed by atoms with van der Waals surface area (Å²) in [6.07, 6.45) is 0. The first kappa shape index (κ1) is 18.1. The number of methoxy groups -OCH3 is 1. The maximum absolute atomic E-state index is 12.4. The molecule has 1 aromatic carbocycles. The van der Waals surface area contributed by atoms with Gasteiger partial charge in [0.25, 0.3) is 5.69 Å². The molecule has 0 amide bonds. The first-order chi connectivity index (χ1) is 10.7. The zero-order chi connectivity index (χ0) is 17.7. The van der Waals surface area contributed by atoms with Gasteiger partial charge in [0, 0.05) is 12.1 Å². The Labute approximate surface area is 127 Å². The summed E-state index contributed by atoms with van der Waals surface area (Å²) in [6, 6.07) is 0.230. The molecule has 1 rings (SSSR count). The number of aromatic carboxylic acids is 1. The van der Waals surface area contributed by atoms with E-state index in [1.54, 1.807) is 0 Å². The Morgan fingerprint density at radius 3 is 2.43 bits per heavy atom. The lowest BCUT2D eigenvalue weighted by atomic mass is 10.1. The molecule has 2 N–H and O–H groups in total. The Morgan fingerprint density at radius 1 is 1.39 bits per heavy atom. The van der Waals surface area contributed by atoms with Crippen molar-refractivity contribution in [3.63, 3.8) is 0 Å². The van der Waals surface area contributed by atoms with Crippen molar-refractivity contribution in [2.75, 3.05) is 12.4 Å². The molecule has 1 unspecified atom stereocenters. The summed E-state index contributed by atoms with van der Waals surface area (Å²) < 4.78 is 33.2. The smallest absolute Gasteiger partial charge is 0.387 e. The second-order valence-corrected chi connectivity index (χ2v) is 4.20. The maximum Gasteiger partial charge on any atom is 0.387 e. The van der Waals surface area contributed by atoms with Gasteiger partial charge in [0.05, 0.1) is 12.0 Å². The Balaban J connectivity index is 3.39. The number of hydrogen-bond donors (Lipinski definition) is 2. The molecule has 0 fully saturated rings. The number of alkyl halides is 2. The van der Waals surface area contributed by atoms with Crippen molar-refractivity contribution in [2.45, 2.75) is 19.6 Å². The molecule has 0 aliphatic rings. The number of nitrogens with one attached hydrogen (secondary N) is 1. The van der Waals surface area contributed by atoms with E-state index in [4.69, 9.17) is 5.11 Å². The summed E-state index contributed by atoms with van der Waals surface area (Å²) in [5.41, 5.74) is -1.90. The number of rotatable bonds is 7. The predicted molar refractivity (Wildman–Crippen MR) is 71.8 cm³/mol. The van der Waals surface area contributed by atoms with E-state index >= 15 is 0 Å². The van der Waals surface area contributed by atoms with E-state index in [2.05, 4.69) is 14.8 Å². The van der Waals surface area contributed by atoms with Crippen molar-refractivity contribution in [1.29, 1.82) is 0 Å². The number of ether oxygens (including phenoxy) is 2. The van der Waals surface area contributed by atoms with Crippen LogP contribution in [0.3, 0.4) is 0 Å². The number of anilines is 1. The molecule has 0 aliphatic carbocycles. The minimum absolute atomic E-state index is 0.367. The van der Waals surface area contributed by atoms with Crippen LogP contribution in [0.25, 0.3) is 0 Å². The third-order valence-corrected chi connectivity index (χ3v) is 2.67. The lowest BCUT2D eigenvalue weighted by Gasteiger charge is -2.15. The molecule has 0 bridgehead atoms. The van der Waals surface area contributed by atoms with Crippen LogP contribution < -0.4 is 10.1 Å². The summed E-state index contributed by atoms with van der Waals surface area (Å²) in [5, 5.41) is 22.3. The largest absolute Gasteiger partial charge is 0.478 e. The topological polar surface area (TPSA) is 128 Å². The van der Waals surface area contributed by atoms with Crippen LogP contribution >= 0.6 is 0 Å². The van der Waals surface area contributed by atoms with Gasteiger partial charge in [0.1, 0.15) is 23.0 Å². The zero-order valence-corrected chi connectivity index (χ0v) is 11.9. The third kappa shape index (κ3) is 4.49. The quantitative estimate of drug-likeness (QED) is 0.439. The number of benzene rings is 1. The van der Waals surface area contributed by atoms with Gasteiger partial charge in [-0.05, 0) is 6.92 Å². The van der Waals surface area contributed by atoms with Crippen LogP contribution in [0.15, 0.2) is 12.1 Å². The summed E-state index contributed by atoms with van der Waals surface area (Å²) in [7, 11) is 1.09. The van der Waals surface area contributed by atoms with E-state index in [-0.39, 0.29) is 5.69 Å². The van der Waals surface area contributed by atoms with Gasteiger partial charge >= 0.3 is 18.6 Å². The van der Waals surface area contributed by atoms with Gasteiger partial charge in [-0.1, -0.05) is 0 Å². The van der Waals surface area contributed by atoms with Gasteiger partial charge in [0.15, 0.2) is 0 Å². The van der Waals surface area contributed by atoms with Gasteiger partial charge in [0.2, 0.25) is 0 Å². The fraction of sp³-hybridized carbons (Fsp3) is 0.333. The highest BCUT2D eigenvalue weighted by Crippen LogP contribution is 2.34. The first-order valence-corrected chi connectivity index (χ1v) is 6.02. The standard InChI is InChI=1S/C12H12F2N2O7/c1-5(11(19)22-2)15-7-4-9(23-12(13)14)6(10(17)18)3-8(7)16(20)21/h3-5,12,15H,1-2H3,(H,17,18). The molecule has 126 valence electrons. The number of nitrogens with zero attached hydrogens (tertiary/aromatic N) is 1. The van der Waals surface area contributed by atoms with Crippen LogP contribution in [0.4, 0.5) is 20.2 Å². The van der Waals surface area contributed by atoms with Gasteiger partial charge in [-0.3, -0.25) is 10.1 Å². The molecular weight excluding hydrogens is 322 g/mol. The molecule has 0 heterocycles. The number of carbonyl (C=O) groups excluding carboxylic acids is 1. The molecule has 9 nitrogen and oxygen atoms in total. The van der Waals surface area contributed by atoms with E-state index in [1.807, 2.05) is 0 Å². The van der Waals surface area contributed by atoms with E-state index in [9.17, 15) is 28.5 Å². The predicted octanol–water partition coefficient (Wildman–Crippen LogP) is 1.87. The summed E-state index contributed by atoms with van der Waals surface area (Å²) in [5.74, 6) is -3.23. The molecule has 1 aromatic rings. The molecule has 1 atom stereocenters. The van der Waals surface area contributed by atoms with Crippen molar-refractivity contribution < 1.29 is 37.9 Å². The molecule has 0 spiro atoms. The fourth-order valence-electron chi connectivity index (χ4n) is 1.66. The van der Waals surface area contributed by atoms with Gasteiger partial charge in [-0.2, -0.15) is 8.78 Å². The van der Waals surface area contributed by atoms with Crippen LogP contribution in [0, 0.1) is 10.1 Å². The Kier molecular flexibility index (Phi) is 5.76. The number of carboxylic acids is 1. The molecule has 0 aliphatic heterocycles. The van der Waals surface area contributed by atoms with Crippen LogP contribution in [-0.2, 0) is 9.53 Å². The number of esters is 1. The Bertz CT molecular complexity index is 636. The minimum Gasteiger partial charge on any atom is -0.478 e. The summed E-state index contributed by atoms with van der Waals surface area (Å²) in [4.78, 5) is 32.5. The number of hydrogen-bond acceptors (Lipinski definition) is 7. The average Bonchev–Trinajstić information content (AvgIpc) is 2.45. The molecule has 11 heteroatoms. The fourth-order valence-corrected chi connectivity index (χ4v) is 1.66. The highest BCUT2D eigenvalue weighted by atomic mass is 19.3. The van der Waals surface area contributed by atoms with Crippen molar-refractivity contribution in [2.24, 2.45) is 0 Å². The lowest BCUT2D eigenvalue weighted by molar-refractivity contribution is -0.384. The second kappa shape index (κ2) is 7.33. The summed E-state index contributed by atoms with van der Waals surface area (Å²) >= 11 is 0. The maximum atomic E-state index is 12.4. The molecule has 0 radical (unpaired) electrons. The number of nitro groups is 1. The number of carbonyl (C=O) groups is 2. The van der Waals surface area contributed by atoms with Crippen molar-refractivity contribution >= 4 is 23.3 Å². The highest BCUT2D eigenvalue weighted by molar-refractivity contribution is 5.94. The Hall–Kier alpha value is -2.98. The third-order valence-electron chi connectivity index (χ3n) is 2.67. The van der Waals surface area contributed by atoms with Gasteiger partial charge < -0.3 is 19.9 Å². The molecule has 0 saturated carbocycles. The number of nitro benzene ring substituents is 1. The minimum atomic E-state index is -3.33. The van der Waals surface area contributed by atoms with Crippen molar-refractivity contribution in [1.82, 2.24) is 0 Å². The van der Waals surface area contributed by atoms with Crippen LogP contribution in [0.2, 0.25) is 0 Å². The lowest BCUT2D eigenvalue weighted by Crippen LogP contribution is -2.27. The number of carboxylic acid groups (broad SMARTS) is 1. The zero-order valence-electron chi connectivity index (χ0n) is 11.9. The monoisotopic (exact) mass is 334 g/mol. The molecule has 0 saturated heterocycles. The van der Waals surface area contributed by atoms with Crippen LogP contribution in [0.5, 0.6) is 5.75 Å². The second-order valence-electron chi connectivity index (χ2n) is 4.20. The molecular formula is C12H12F2N2O7. The average molecular weight is 334 g/mol. The van der Waals surface area contributed by atoms with E-state index in [1.165, 1.54) is 6.92 Å². The van der Waals surface area contributed by atoms with Crippen molar-refractivity contribution in [3.8, 4) is 5.75 Å². The van der Waals surface area contributed by atoms with Gasteiger partial charge in [-0.25, -0.2) is 9.59 Å². The van der Waals surface area contributed by atoms with E-state index in [0.29, 0.717) is 12.1 Å². The summed E-state index contributed by atoms with van der Waals surface area (Å²) in [6.45, 7) is -2.02. The normalized spacial score (nSPS) is 11.7. The Morgan fingerprint density at radius 2 is 2.00 bits per heavy atom. The molecule has 0 aromatic heterocycles.